The third-order valence-electron chi connectivity index (χ3n) is 4.76. The van der Waals surface area contributed by atoms with Crippen molar-refractivity contribution in [1.29, 1.82) is 0 Å². The molecule has 1 saturated carbocycles. The fourth-order valence-electron chi connectivity index (χ4n) is 3.21. The zero-order valence-electron chi connectivity index (χ0n) is 12.5. The number of nitrogens with one attached hydrogen (secondary N) is 1. The highest BCUT2D eigenvalue weighted by molar-refractivity contribution is 5.77. The molecular formula is C17H19N3O2. The maximum absolute atomic E-state index is 10.6. The largest absolute Gasteiger partial charge is 0.397 e. The van der Waals surface area contributed by atoms with Gasteiger partial charge in [0.1, 0.15) is 6.10 Å². The van der Waals surface area contributed by atoms with Crippen LogP contribution < -0.4 is 11.1 Å². The molecule has 1 atom stereocenters. The second-order valence-corrected chi connectivity index (χ2v) is 6.06. The van der Waals surface area contributed by atoms with Crippen molar-refractivity contribution in [3.05, 3.63) is 41.7 Å². The molecule has 0 radical (unpaired) electrons. The molecule has 1 aliphatic heterocycles. The number of hydrogen-bond acceptors (Lipinski definition) is 5. The van der Waals surface area contributed by atoms with Crippen LogP contribution in [0.3, 0.4) is 0 Å². The number of benzene rings is 1. The summed E-state index contributed by atoms with van der Waals surface area (Å²) in [5, 5.41) is 13.7. The van der Waals surface area contributed by atoms with Gasteiger partial charge in [-0.1, -0.05) is 6.07 Å². The molecule has 1 aromatic heterocycles. The fourth-order valence-corrected chi connectivity index (χ4v) is 3.21. The molecule has 2 aliphatic rings. The summed E-state index contributed by atoms with van der Waals surface area (Å²) in [7, 11) is 1.85. The summed E-state index contributed by atoms with van der Waals surface area (Å²) in [5.74, 6) is 0. The average molecular weight is 297 g/mol. The van der Waals surface area contributed by atoms with Crippen LogP contribution in [-0.4, -0.2) is 22.7 Å². The maximum atomic E-state index is 10.6. The van der Waals surface area contributed by atoms with Gasteiger partial charge in [0.2, 0.25) is 0 Å². The normalized spacial score (nSPS) is 21.5. The number of rotatable bonds is 2. The Morgan fingerprint density at radius 2 is 2.18 bits per heavy atom. The maximum Gasteiger partial charge on any atom is 0.110 e. The smallest absolute Gasteiger partial charge is 0.110 e. The summed E-state index contributed by atoms with van der Waals surface area (Å²) in [6.07, 6.45) is 4.85. The molecule has 0 amide bonds. The van der Waals surface area contributed by atoms with Crippen molar-refractivity contribution in [2.75, 3.05) is 18.1 Å². The summed E-state index contributed by atoms with van der Waals surface area (Å²) in [4.78, 5) is 4.33. The number of ether oxygens (including phenoxy) is 1. The quantitative estimate of drug-likeness (QED) is 0.742. The zero-order chi connectivity index (χ0) is 15.3. The molecule has 2 aromatic rings. The first-order valence-corrected chi connectivity index (χ1v) is 7.51. The predicted molar refractivity (Wildman–Crippen MR) is 85.3 cm³/mol. The summed E-state index contributed by atoms with van der Waals surface area (Å²) < 4.78 is 5.94. The molecular weight excluding hydrogens is 278 g/mol. The number of nitrogen functional groups attached to an aromatic ring is 1. The van der Waals surface area contributed by atoms with Crippen LogP contribution in [-0.2, 0) is 11.3 Å². The molecule has 1 spiro atoms. The van der Waals surface area contributed by atoms with Gasteiger partial charge in [0.15, 0.2) is 0 Å². The van der Waals surface area contributed by atoms with Gasteiger partial charge in [0.05, 0.1) is 23.6 Å². The van der Waals surface area contributed by atoms with E-state index < -0.39 is 6.10 Å². The molecule has 5 nitrogen and oxygen atoms in total. The van der Waals surface area contributed by atoms with Crippen LogP contribution in [0.4, 0.5) is 11.4 Å². The molecule has 1 fully saturated rings. The van der Waals surface area contributed by atoms with E-state index in [9.17, 15) is 5.11 Å². The van der Waals surface area contributed by atoms with Crippen LogP contribution in [0.1, 0.15) is 30.1 Å². The van der Waals surface area contributed by atoms with Crippen molar-refractivity contribution in [2.45, 2.75) is 31.2 Å². The van der Waals surface area contributed by atoms with E-state index in [-0.39, 0.29) is 5.60 Å². The van der Waals surface area contributed by atoms with Gasteiger partial charge >= 0.3 is 0 Å². The second kappa shape index (κ2) is 4.69. The van der Waals surface area contributed by atoms with E-state index in [1.54, 1.807) is 6.20 Å². The third-order valence-corrected chi connectivity index (χ3v) is 4.76. The first-order chi connectivity index (χ1) is 10.6. The number of fused-ring (bicyclic) bond motifs is 1. The van der Waals surface area contributed by atoms with E-state index >= 15 is 0 Å². The highest BCUT2D eigenvalue weighted by atomic mass is 16.5. The van der Waals surface area contributed by atoms with E-state index in [0.717, 1.165) is 40.8 Å². The van der Waals surface area contributed by atoms with Crippen molar-refractivity contribution >= 4 is 11.4 Å². The molecule has 5 heteroatoms. The van der Waals surface area contributed by atoms with Crippen molar-refractivity contribution in [2.24, 2.45) is 0 Å². The van der Waals surface area contributed by atoms with Crippen LogP contribution >= 0.6 is 0 Å². The Kier molecular flexibility index (Phi) is 2.89. The van der Waals surface area contributed by atoms with E-state index in [0.29, 0.717) is 12.3 Å². The second-order valence-electron chi connectivity index (χ2n) is 6.06. The number of nitrogens with zero attached hydrogens (tertiary/aromatic N) is 1. The minimum atomic E-state index is -0.582. The molecule has 4 rings (SSSR count). The molecule has 1 aliphatic carbocycles. The van der Waals surface area contributed by atoms with Gasteiger partial charge in [-0.05, 0) is 36.1 Å². The molecule has 4 N–H and O–H groups in total. The number of anilines is 2. The van der Waals surface area contributed by atoms with Crippen LogP contribution in [0, 0.1) is 0 Å². The highest BCUT2D eigenvalue weighted by Crippen LogP contribution is 2.53. The lowest BCUT2D eigenvalue weighted by Gasteiger charge is -2.31. The van der Waals surface area contributed by atoms with E-state index in [1.165, 1.54) is 0 Å². The third kappa shape index (κ3) is 1.90. The summed E-state index contributed by atoms with van der Waals surface area (Å²) in [6.45, 7) is 0.517. The Labute approximate surface area is 129 Å². The molecule has 1 unspecified atom stereocenters. The van der Waals surface area contributed by atoms with Gasteiger partial charge in [0, 0.05) is 30.6 Å². The SMILES string of the molecule is CNc1cc(-c2cncc3c2COC2(CC2)C3O)ccc1N. The standard InChI is InChI=1S/C17H19N3O2/c1-19-15-6-10(2-3-14(15)18)11-7-20-8-12-13(11)9-22-17(4-5-17)16(12)21/h2-3,6-8,16,19,21H,4-5,9,18H2,1H3. The molecule has 114 valence electrons. The summed E-state index contributed by atoms with van der Waals surface area (Å²) >= 11 is 0. The van der Waals surface area contributed by atoms with Crippen molar-refractivity contribution < 1.29 is 9.84 Å². The Balaban J connectivity index is 1.82. The Bertz CT molecular complexity index is 741. The lowest BCUT2D eigenvalue weighted by atomic mass is 9.91. The van der Waals surface area contributed by atoms with Gasteiger partial charge in [-0.25, -0.2) is 0 Å². The first-order valence-electron chi connectivity index (χ1n) is 7.51. The van der Waals surface area contributed by atoms with Gasteiger partial charge in [0.25, 0.3) is 0 Å². The lowest BCUT2D eigenvalue weighted by molar-refractivity contribution is -0.0827. The number of pyridine rings is 1. The van der Waals surface area contributed by atoms with Gasteiger partial charge < -0.3 is 20.9 Å². The zero-order valence-corrected chi connectivity index (χ0v) is 12.5. The van der Waals surface area contributed by atoms with Gasteiger partial charge in [-0.2, -0.15) is 0 Å². The number of nitrogens with two attached hydrogens (primary N) is 1. The average Bonchev–Trinajstić information content (AvgIpc) is 3.32. The Morgan fingerprint density at radius 3 is 2.91 bits per heavy atom. The van der Waals surface area contributed by atoms with Gasteiger partial charge in [-0.15, -0.1) is 0 Å². The molecule has 0 saturated heterocycles. The van der Waals surface area contributed by atoms with Crippen LogP contribution in [0.15, 0.2) is 30.6 Å². The predicted octanol–water partition coefficient (Wildman–Crippen LogP) is 2.47. The van der Waals surface area contributed by atoms with Crippen LogP contribution in [0.5, 0.6) is 0 Å². The molecule has 22 heavy (non-hydrogen) atoms. The Hall–Kier alpha value is -2.11. The van der Waals surface area contributed by atoms with Crippen LogP contribution in [0.2, 0.25) is 0 Å². The van der Waals surface area contributed by atoms with Crippen LogP contribution in [0.25, 0.3) is 11.1 Å². The first kappa shape index (κ1) is 13.5. The van der Waals surface area contributed by atoms with Crippen molar-refractivity contribution in [3.63, 3.8) is 0 Å². The highest BCUT2D eigenvalue weighted by Gasteiger charge is 2.54. The number of hydrogen-bond donors (Lipinski definition) is 3. The van der Waals surface area contributed by atoms with E-state index in [2.05, 4.69) is 10.3 Å². The topological polar surface area (TPSA) is 80.4 Å². The minimum absolute atomic E-state index is 0.357. The fraction of sp³-hybridized carbons (Fsp3) is 0.353. The van der Waals surface area contributed by atoms with Crippen molar-refractivity contribution in [1.82, 2.24) is 4.98 Å². The number of aromatic nitrogens is 1. The van der Waals surface area contributed by atoms with E-state index in [1.807, 2.05) is 31.4 Å². The minimum Gasteiger partial charge on any atom is -0.397 e. The molecule has 1 aromatic carbocycles. The number of aliphatic hydroxyl groups excluding tert-OH is 1. The van der Waals surface area contributed by atoms with Gasteiger partial charge in [-0.3, -0.25) is 4.98 Å². The lowest BCUT2D eigenvalue weighted by Crippen LogP contribution is -2.30. The van der Waals surface area contributed by atoms with Crippen molar-refractivity contribution in [3.8, 4) is 11.1 Å². The molecule has 0 bridgehead atoms. The summed E-state index contributed by atoms with van der Waals surface area (Å²) in [5.41, 5.74) is 11.1. The Morgan fingerprint density at radius 1 is 1.36 bits per heavy atom. The monoisotopic (exact) mass is 297 g/mol. The summed E-state index contributed by atoms with van der Waals surface area (Å²) in [6, 6.07) is 5.85. The number of aliphatic hydroxyl groups is 1. The molecule has 2 heterocycles. The van der Waals surface area contributed by atoms with E-state index in [4.69, 9.17) is 10.5 Å².